The Labute approximate surface area is 135 Å². The number of furan rings is 1. The summed E-state index contributed by atoms with van der Waals surface area (Å²) in [5.41, 5.74) is 0.836. The second kappa shape index (κ2) is 6.83. The standard InChI is InChI=1S/C15H19ClN2O3S/c1-11-6-7-12(9-13(11)16)22(19,20)17-10-14(18(2)3)15-5-4-8-21-15/h4-9,14,17H,10H2,1-3H3. The molecular formula is C15H19ClN2O3S. The summed E-state index contributed by atoms with van der Waals surface area (Å²) >= 11 is 6.00. The highest BCUT2D eigenvalue weighted by Crippen LogP contribution is 2.21. The van der Waals surface area contributed by atoms with Crippen LogP contribution in [-0.4, -0.2) is 34.0 Å². The van der Waals surface area contributed by atoms with Crippen LogP contribution in [0, 0.1) is 6.92 Å². The lowest BCUT2D eigenvalue weighted by Gasteiger charge is -2.22. The molecule has 0 amide bonds. The first kappa shape index (κ1) is 17.0. The lowest BCUT2D eigenvalue weighted by atomic mass is 10.2. The quantitative estimate of drug-likeness (QED) is 0.876. The molecule has 0 spiro atoms. The van der Waals surface area contributed by atoms with E-state index in [0.717, 1.165) is 5.56 Å². The highest BCUT2D eigenvalue weighted by Gasteiger charge is 2.21. The minimum atomic E-state index is -3.62. The topological polar surface area (TPSA) is 62.6 Å². The van der Waals surface area contributed by atoms with Crippen molar-refractivity contribution < 1.29 is 12.8 Å². The largest absolute Gasteiger partial charge is 0.468 e. The van der Waals surface area contributed by atoms with Gasteiger partial charge in [0.1, 0.15) is 5.76 Å². The molecule has 22 heavy (non-hydrogen) atoms. The Morgan fingerprint density at radius 1 is 1.32 bits per heavy atom. The lowest BCUT2D eigenvalue weighted by molar-refractivity contribution is 0.259. The maximum Gasteiger partial charge on any atom is 0.240 e. The van der Waals surface area contributed by atoms with Crippen LogP contribution >= 0.6 is 11.6 Å². The fourth-order valence-corrected chi connectivity index (χ4v) is 3.34. The Kier molecular flexibility index (Phi) is 5.28. The Balaban J connectivity index is 2.16. The third-order valence-corrected chi connectivity index (χ3v) is 5.24. The second-order valence-electron chi connectivity index (χ2n) is 5.26. The molecule has 5 nitrogen and oxygen atoms in total. The molecule has 1 N–H and O–H groups in total. The summed E-state index contributed by atoms with van der Waals surface area (Å²) in [7, 11) is 0.109. The first-order valence-electron chi connectivity index (χ1n) is 6.77. The molecule has 1 aromatic heterocycles. The normalized spacial score (nSPS) is 13.5. The minimum absolute atomic E-state index is 0.153. The van der Waals surface area contributed by atoms with Crippen LogP contribution in [0.4, 0.5) is 0 Å². The van der Waals surface area contributed by atoms with Crippen LogP contribution in [-0.2, 0) is 10.0 Å². The Morgan fingerprint density at radius 2 is 2.05 bits per heavy atom. The lowest BCUT2D eigenvalue weighted by Crippen LogP contribution is -2.34. The average molecular weight is 343 g/mol. The van der Waals surface area contributed by atoms with Crippen LogP contribution in [0.3, 0.4) is 0 Å². The number of nitrogens with zero attached hydrogens (tertiary/aromatic N) is 1. The SMILES string of the molecule is Cc1ccc(S(=O)(=O)NCC(c2ccco2)N(C)C)cc1Cl. The summed E-state index contributed by atoms with van der Waals surface area (Å²) in [6, 6.07) is 8.10. The number of benzene rings is 1. The van der Waals surface area contributed by atoms with Gasteiger partial charge in [0.2, 0.25) is 10.0 Å². The summed E-state index contributed by atoms with van der Waals surface area (Å²) in [5.74, 6) is 0.703. The summed E-state index contributed by atoms with van der Waals surface area (Å²) in [5, 5.41) is 0.429. The van der Waals surface area contributed by atoms with Crippen LogP contribution in [0.15, 0.2) is 45.9 Å². The number of rotatable bonds is 6. The van der Waals surface area contributed by atoms with E-state index in [1.807, 2.05) is 32.0 Å². The maximum absolute atomic E-state index is 12.4. The van der Waals surface area contributed by atoms with Crippen molar-refractivity contribution >= 4 is 21.6 Å². The molecule has 1 aromatic carbocycles. The number of sulfonamides is 1. The second-order valence-corrected chi connectivity index (χ2v) is 7.43. The van der Waals surface area contributed by atoms with Crippen LogP contribution in [0.1, 0.15) is 17.4 Å². The van der Waals surface area contributed by atoms with Crippen LogP contribution in [0.2, 0.25) is 5.02 Å². The van der Waals surface area contributed by atoms with Crippen molar-refractivity contribution in [3.63, 3.8) is 0 Å². The highest BCUT2D eigenvalue weighted by molar-refractivity contribution is 7.89. The summed E-state index contributed by atoms with van der Waals surface area (Å²) in [6.45, 7) is 2.03. The summed E-state index contributed by atoms with van der Waals surface area (Å²) in [4.78, 5) is 2.05. The summed E-state index contributed by atoms with van der Waals surface area (Å²) < 4.78 is 32.7. The number of hydrogen-bond donors (Lipinski definition) is 1. The highest BCUT2D eigenvalue weighted by atomic mass is 35.5. The summed E-state index contributed by atoms with van der Waals surface area (Å²) in [6.07, 6.45) is 1.57. The van der Waals surface area contributed by atoms with E-state index < -0.39 is 10.0 Å². The van der Waals surface area contributed by atoms with Gasteiger partial charge in [-0.15, -0.1) is 0 Å². The van der Waals surface area contributed by atoms with Crippen LogP contribution in [0.25, 0.3) is 0 Å². The van der Waals surface area contributed by atoms with Crippen molar-refractivity contribution in [2.45, 2.75) is 17.9 Å². The van der Waals surface area contributed by atoms with Gasteiger partial charge in [-0.2, -0.15) is 0 Å². The smallest absolute Gasteiger partial charge is 0.240 e. The van der Waals surface area contributed by atoms with Gasteiger partial charge >= 0.3 is 0 Å². The first-order valence-corrected chi connectivity index (χ1v) is 8.63. The van der Waals surface area contributed by atoms with E-state index in [-0.39, 0.29) is 17.5 Å². The number of aryl methyl sites for hydroxylation is 1. The van der Waals surface area contributed by atoms with Crippen LogP contribution < -0.4 is 4.72 Å². The van der Waals surface area contributed by atoms with Gasteiger partial charge in [-0.3, -0.25) is 4.90 Å². The van der Waals surface area contributed by atoms with Gasteiger partial charge in [0.15, 0.2) is 0 Å². The molecule has 0 aliphatic rings. The Hall–Kier alpha value is -1.34. The van der Waals surface area contributed by atoms with E-state index in [9.17, 15) is 8.42 Å². The van der Waals surface area contributed by atoms with Crippen molar-refractivity contribution in [2.24, 2.45) is 0 Å². The molecule has 0 saturated carbocycles. The molecule has 1 unspecified atom stereocenters. The third-order valence-electron chi connectivity index (χ3n) is 3.42. The number of nitrogens with one attached hydrogen (secondary N) is 1. The third kappa shape index (κ3) is 3.89. The van der Waals surface area contributed by atoms with Crippen molar-refractivity contribution in [3.05, 3.63) is 52.9 Å². The van der Waals surface area contributed by atoms with Crippen molar-refractivity contribution in [2.75, 3.05) is 20.6 Å². The molecular weight excluding hydrogens is 324 g/mol. The molecule has 0 bridgehead atoms. The number of hydrogen-bond acceptors (Lipinski definition) is 4. The van der Waals surface area contributed by atoms with Crippen LogP contribution in [0.5, 0.6) is 0 Å². The minimum Gasteiger partial charge on any atom is -0.468 e. The van der Waals surface area contributed by atoms with Crippen molar-refractivity contribution in [3.8, 4) is 0 Å². The van der Waals surface area contributed by atoms with Gasteiger partial charge < -0.3 is 4.42 Å². The molecule has 1 heterocycles. The Bertz CT molecular complexity index is 727. The average Bonchev–Trinajstić information content (AvgIpc) is 2.95. The first-order chi connectivity index (χ1) is 10.3. The van der Waals surface area contributed by atoms with E-state index in [2.05, 4.69) is 4.72 Å². The number of likely N-dealkylation sites (N-methyl/N-ethyl adjacent to an activating group) is 1. The zero-order chi connectivity index (χ0) is 16.3. The van der Waals surface area contributed by atoms with Crippen molar-refractivity contribution in [1.82, 2.24) is 9.62 Å². The van der Waals surface area contributed by atoms with E-state index in [1.54, 1.807) is 24.5 Å². The van der Waals surface area contributed by atoms with E-state index in [1.165, 1.54) is 6.07 Å². The Morgan fingerprint density at radius 3 is 2.59 bits per heavy atom. The van der Waals surface area contributed by atoms with Gasteiger partial charge in [0, 0.05) is 11.6 Å². The molecule has 2 rings (SSSR count). The predicted octanol–water partition coefficient (Wildman–Crippen LogP) is 2.82. The van der Waals surface area contributed by atoms with Gasteiger partial charge in [0.05, 0.1) is 17.2 Å². The molecule has 120 valence electrons. The maximum atomic E-state index is 12.4. The molecule has 0 aliphatic carbocycles. The molecule has 1 atom stereocenters. The molecule has 0 fully saturated rings. The van der Waals surface area contributed by atoms with E-state index in [4.69, 9.17) is 16.0 Å². The van der Waals surface area contributed by atoms with Crippen molar-refractivity contribution in [1.29, 1.82) is 0 Å². The van der Waals surface area contributed by atoms with Gasteiger partial charge in [-0.25, -0.2) is 13.1 Å². The monoisotopic (exact) mass is 342 g/mol. The number of halogens is 1. The fourth-order valence-electron chi connectivity index (χ4n) is 2.03. The van der Waals surface area contributed by atoms with E-state index in [0.29, 0.717) is 10.8 Å². The van der Waals surface area contributed by atoms with E-state index >= 15 is 0 Å². The molecule has 0 aliphatic heterocycles. The molecule has 0 radical (unpaired) electrons. The van der Waals surface area contributed by atoms with Gasteiger partial charge in [0.25, 0.3) is 0 Å². The van der Waals surface area contributed by atoms with Gasteiger partial charge in [-0.1, -0.05) is 17.7 Å². The predicted molar refractivity (Wildman–Crippen MR) is 86.5 cm³/mol. The molecule has 0 saturated heterocycles. The molecule has 7 heteroatoms. The molecule has 2 aromatic rings. The zero-order valence-electron chi connectivity index (χ0n) is 12.7. The zero-order valence-corrected chi connectivity index (χ0v) is 14.3. The fraction of sp³-hybridized carbons (Fsp3) is 0.333. The van der Waals surface area contributed by atoms with Gasteiger partial charge in [-0.05, 0) is 50.8 Å².